The molecule has 13 heavy (non-hydrogen) atoms. The molecule has 1 aliphatic rings. The van der Waals surface area contributed by atoms with E-state index in [1.54, 1.807) is 6.07 Å². The van der Waals surface area contributed by atoms with Gasteiger partial charge in [-0.1, -0.05) is 19.1 Å². The molecular weight excluding hydrogens is 162 g/mol. The van der Waals surface area contributed by atoms with Crippen molar-refractivity contribution in [3.63, 3.8) is 0 Å². The molecule has 2 nitrogen and oxygen atoms in total. The number of benzene rings is 1. The van der Waals surface area contributed by atoms with Gasteiger partial charge in [-0.15, -0.1) is 0 Å². The van der Waals surface area contributed by atoms with Gasteiger partial charge in [0.1, 0.15) is 5.75 Å². The molecule has 1 aromatic rings. The van der Waals surface area contributed by atoms with Gasteiger partial charge >= 0.3 is 0 Å². The third kappa shape index (κ3) is 1.83. The second-order valence-corrected chi connectivity index (χ2v) is 3.90. The van der Waals surface area contributed by atoms with Crippen molar-refractivity contribution >= 4 is 0 Å². The summed E-state index contributed by atoms with van der Waals surface area (Å²) in [6, 6.07) is 7.95. The second kappa shape index (κ2) is 3.38. The first-order valence-electron chi connectivity index (χ1n) is 4.78. The average Bonchev–Trinajstić information content (AvgIpc) is 2.52. The van der Waals surface area contributed by atoms with E-state index in [0.29, 0.717) is 11.8 Å². The summed E-state index contributed by atoms with van der Waals surface area (Å²) in [5, 5.41) is 12.8. The maximum absolute atomic E-state index is 9.31. The Balaban J connectivity index is 2.16. The van der Waals surface area contributed by atoms with Gasteiger partial charge in [0.25, 0.3) is 0 Å². The summed E-state index contributed by atoms with van der Waals surface area (Å²) in [5.74, 6) is 1.10. The van der Waals surface area contributed by atoms with Crippen LogP contribution in [0.3, 0.4) is 0 Å². The van der Waals surface area contributed by atoms with Crippen LogP contribution in [0.4, 0.5) is 0 Å². The third-order valence-corrected chi connectivity index (χ3v) is 2.62. The molecular formula is C11H15NO. The van der Waals surface area contributed by atoms with Crippen LogP contribution in [-0.2, 0) is 0 Å². The molecule has 0 aromatic heterocycles. The Morgan fingerprint density at radius 2 is 2.31 bits per heavy atom. The first-order chi connectivity index (χ1) is 6.25. The van der Waals surface area contributed by atoms with E-state index in [-0.39, 0.29) is 0 Å². The summed E-state index contributed by atoms with van der Waals surface area (Å²) < 4.78 is 0. The van der Waals surface area contributed by atoms with Crippen molar-refractivity contribution in [1.82, 2.24) is 5.32 Å². The topological polar surface area (TPSA) is 32.3 Å². The lowest BCUT2D eigenvalue weighted by molar-refractivity contribution is 0.473. The number of phenols is 1. The number of hydrogen-bond donors (Lipinski definition) is 2. The van der Waals surface area contributed by atoms with E-state index in [4.69, 9.17) is 0 Å². The predicted octanol–water partition coefficient (Wildman–Crippen LogP) is 2.06. The van der Waals surface area contributed by atoms with Crippen LogP contribution in [0, 0.1) is 5.92 Å². The minimum absolute atomic E-state index is 0.360. The van der Waals surface area contributed by atoms with E-state index in [9.17, 15) is 5.11 Å². The Morgan fingerprint density at radius 1 is 1.46 bits per heavy atom. The Hall–Kier alpha value is -1.02. The molecule has 70 valence electrons. The summed E-state index contributed by atoms with van der Waals surface area (Å²) in [7, 11) is 0. The molecule has 1 aromatic carbocycles. The highest BCUT2D eigenvalue weighted by Gasteiger charge is 2.21. The molecule has 0 amide bonds. The van der Waals surface area contributed by atoms with Gasteiger partial charge in [-0.25, -0.2) is 0 Å². The van der Waals surface area contributed by atoms with Crippen molar-refractivity contribution in [1.29, 1.82) is 0 Å². The van der Waals surface area contributed by atoms with Crippen molar-refractivity contribution in [2.45, 2.75) is 19.4 Å². The number of phenolic OH excluding ortho intramolecular Hbond substituents is 1. The van der Waals surface area contributed by atoms with Crippen molar-refractivity contribution in [2.24, 2.45) is 5.92 Å². The SMILES string of the molecule is C[C@@H]1CN[C@H](c2cccc(O)c2)C1. The van der Waals surface area contributed by atoms with E-state index in [1.165, 1.54) is 12.0 Å². The standard InChI is InChI=1S/C11H15NO/c1-8-5-11(12-7-8)9-3-2-4-10(13)6-9/h2-4,6,8,11-13H,5,7H2,1H3/t8-,11-/m0/s1. The van der Waals surface area contributed by atoms with Crippen LogP contribution in [0.5, 0.6) is 5.75 Å². The van der Waals surface area contributed by atoms with Gasteiger partial charge in [-0.3, -0.25) is 0 Å². The minimum atomic E-state index is 0.360. The van der Waals surface area contributed by atoms with Crippen molar-refractivity contribution in [3.8, 4) is 5.75 Å². The Bertz CT molecular complexity index is 298. The van der Waals surface area contributed by atoms with Crippen LogP contribution in [0.15, 0.2) is 24.3 Å². The number of hydrogen-bond acceptors (Lipinski definition) is 2. The summed E-state index contributed by atoms with van der Waals surface area (Å²) in [5.41, 5.74) is 1.20. The van der Waals surface area contributed by atoms with Crippen LogP contribution in [0.1, 0.15) is 24.9 Å². The molecule has 0 spiro atoms. The lowest BCUT2D eigenvalue weighted by Gasteiger charge is -2.10. The van der Waals surface area contributed by atoms with Crippen LogP contribution in [0.2, 0.25) is 0 Å². The maximum Gasteiger partial charge on any atom is 0.115 e. The highest BCUT2D eigenvalue weighted by molar-refractivity contribution is 5.29. The van der Waals surface area contributed by atoms with Gasteiger partial charge in [-0.05, 0) is 36.6 Å². The van der Waals surface area contributed by atoms with Crippen LogP contribution >= 0.6 is 0 Å². The van der Waals surface area contributed by atoms with Crippen molar-refractivity contribution in [2.75, 3.05) is 6.54 Å². The van der Waals surface area contributed by atoms with E-state index in [1.807, 2.05) is 12.1 Å². The quantitative estimate of drug-likeness (QED) is 0.688. The molecule has 1 aliphatic heterocycles. The molecule has 1 fully saturated rings. The van der Waals surface area contributed by atoms with Crippen LogP contribution in [0.25, 0.3) is 0 Å². The minimum Gasteiger partial charge on any atom is -0.508 e. The van der Waals surface area contributed by atoms with Crippen molar-refractivity contribution in [3.05, 3.63) is 29.8 Å². The van der Waals surface area contributed by atoms with E-state index in [0.717, 1.165) is 12.5 Å². The molecule has 0 radical (unpaired) electrons. The lowest BCUT2D eigenvalue weighted by Crippen LogP contribution is -2.13. The Labute approximate surface area is 78.6 Å². The molecule has 2 heteroatoms. The summed E-state index contributed by atoms with van der Waals surface area (Å²) in [6.45, 7) is 3.33. The molecule has 1 heterocycles. The van der Waals surface area contributed by atoms with Gasteiger partial charge in [0.15, 0.2) is 0 Å². The Morgan fingerprint density at radius 3 is 2.92 bits per heavy atom. The normalized spacial score (nSPS) is 27.8. The van der Waals surface area contributed by atoms with Gasteiger partial charge in [0.05, 0.1) is 0 Å². The van der Waals surface area contributed by atoms with Gasteiger partial charge < -0.3 is 10.4 Å². The van der Waals surface area contributed by atoms with E-state index >= 15 is 0 Å². The van der Waals surface area contributed by atoms with E-state index in [2.05, 4.69) is 18.3 Å². The van der Waals surface area contributed by atoms with E-state index < -0.39 is 0 Å². The smallest absolute Gasteiger partial charge is 0.115 e. The van der Waals surface area contributed by atoms with Gasteiger partial charge in [0.2, 0.25) is 0 Å². The first kappa shape index (κ1) is 8.57. The summed E-state index contributed by atoms with van der Waals surface area (Å²) in [4.78, 5) is 0. The second-order valence-electron chi connectivity index (χ2n) is 3.90. The lowest BCUT2D eigenvalue weighted by atomic mass is 10.0. The zero-order chi connectivity index (χ0) is 9.26. The number of aromatic hydroxyl groups is 1. The third-order valence-electron chi connectivity index (χ3n) is 2.62. The molecule has 2 atom stereocenters. The monoisotopic (exact) mass is 177 g/mol. The zero-order valence-electron chi connectivity index (χ0n) is 7.83. The fourth-order valence-corrected chi connectivity index (χ4v) is 1.91. The molecule has 0 saturated carbocycles. The highest BCUT2D eigenvalue weighted by atomic mass is 16.3. The number of nitrogens with one attached hydrogen (secondary N) is 1. The van der Waals surface area contributed by atoms with Gasteiger partial charge in [0, 0.05) is 6.04 Å². The molecule has 0 bridgehead atoms. The molecule has 0 unspecified atom stereocenters. The van der Waals surface area contributed by atoms with Crippen LogP contribution in [-0.4, -0.2) is 11.7 Å². The predicted molar refractivity (Wildman–Crippen MR) is 52.6 cm³/mol. The molecule has 0 aliphatic carbocycles. The van der Waals surface area contributed by atoms with Crippen LogP contribution < -0.4 is 5.32 Å². The molecule has 2 rings (SSSR count). The molecule has 2 N–H and O–H groups in total. The first-order valence-corrected chi connectivity index (χ1v) is 4.78. The summed E-state index contributed by atoms with van der Waals surface area (Å²) >= 11 is 0. The molecule has 1 saturated heterocycles. The fourth-order valence-electron chi connectivity index (χ4n) is 1.91. The van der Waals surface area contributed by atoms with Gasteiger partial charge in [-0.2, -0.15) is 0 Å². The highest BCUT2D eigenvalue weighted by Crippen LogP contribution is 2.28. The largest absolute Gasteiger partial charge is 0.508 e. The number of rotatable bonds is 1. The average molecular weight is 177 g/mol. The Kier molecular flexibility index (Phi) is 2.23. The van der Waals surface area contributed by atoms with Crippen molar-refractivity contribution < 1.29 is 5.11 Å². The zero-order valence-corrected chi connectivity index (χ0v) is 7.83. The maximum atomic E-state index is 9.31. The fraction of sp³-hybridized carbons (Fsp3) is 0.455. The summed E-state index contributed by atoms with van der Waals surface area (Å²) in [6.07, 6.45) is 1.17.